The molecule has 0 aliphatic carbocycles. The summed E-state index contributed by atoms with van der Waals surface area (Å²) in [5, 5.41) is 0. The van der Waals surface area contributed by atoms with Crippen LogP contribution in [0.2, 0.25) is 0 Å². The number of nitrogen functional groups attached to an aromatic ring is 2. The number of aryl methyl sites for hydroxylation is 2. The fourth-order valence-corrected chi connectivity index (χ4v) is 2.24. The largest absolute Gasteiger partial charge is 0.398 e. The predicted molar refractivity (Wildman–Crippen MR) is 79.5 cm³/mol. The molecular weight excluding hydrogens is 220 g/mol. The van der Waals surface area contributed by atoms with Crippen LogP contribution in [0.5, 0.6) is 0 Å². The minimum Gasteiger partial charge on any atom is -0.398 e. The third kappa shape index (κ3) is 2.33. The molecule has 0 spiro atoms. The molecule has 2 heteroatoms. The summed E-state index contributed by atoms with van der Waals surface area (Å²) in [6, 6.07) is 12.3. The molecule has 2 aromatic rings. The van der Waals surface area contributed by atoms with E-state index in [4.69, 9.17) is 11.5 Å². The third-order valence-electron chi connectivity index (χ3n) is 3.29. The maximum atomic E-state index is 6.06. The minimum atomic E-state index is 0.741. The van der Waals surface area contributed by atoms with Gasteiger partial charge in [0.05, 0.1) is 0 Å². The van der Waals surface area contributed by atoms with E-state index in [2.05, 4.69) is 32.0 Å². The van der Waals surface area contributed by atoms with Crippen molar-refractivity contribution in [2.75, 3.05) is 11.5 Å². The van der Waals surface area contributed by atoms with Gasteiger partial charge in [-0.15, -0.1) is 0 Å². The highest BCUT2D eigenvalue weighted by Crippen LogP contribution is 2.33. The highest BCUT2D eigenvalue weighted by atomic mass is 14.6. The average molecular weight is 240 g/mol. The lowest BCUT2D eigenvalue weighted by molar-refractivity contribution is 1.09. The van der Waals surface area contributed by atoms with Crippen molar-refractivity contribution in [3.05, 3.63) is 47.5 Å². The lowest BCUT2D eigenvalue weighted by Gasteiger charge is -2.12. The molecule has 0 aliphatic heterocycles. The lowest BCUT2D eigenvalue weighted by Crippen LogP contribution is -1.97. The molecule has 2 aromatic carbocycles. The zero-order valence-corrected chi connectivity index (χ0v) is 11.0. The standard InChI is InChI=1S/C16H20N2/c1-3-11-8-12(4-2)10-13(9-11)16-14(17)6-5-7-15(16)18/h5-10H,3-4,17-18H2,1-2H3. The second-order valence-electron chi connectivity index (χ2n) is 4.56. The molecule has 0 aliphatic rings. The van der Waals surface area contributed by atoms with Gasteiger partial charge in [-0.05, 0) is 41.7 Å². The molecule has 0 radical (unpaired) electrons. The van der Waals surface area contributed by atoms with Gasteiger partial charge in [0.25, 0.3) is 0 Å². The average Bonchev–Trinajstić information content (AvgIpc) is 2.38. The summed E-state index contributed by atoms with van der Waals surface area (Å²) in [5.41, 5.74) is 18.3. The molecular formula is C16H20N2. The first-order valence-corrected chi connectivity index (χ1v) is 6.42. The van der Waals surface area contributed by atoms with Crippen LogP contribution < -0.4 is 11.5 Å². The maximum absolute atomic E-state index is 6.06. The summed E-state index contributed by atoms with van der Waals surface area (Å²) >= 11 is 0. The van der Waals surface area contributed by atoms with Crippen LogP contribution in [-0.4, -0.2) is 0 Å². The van der Waals surface area contributed by atoms with E-state index in [0.29, 0.717) is 0 Å². The van der Waals surface area contributed by atoms with Crippen molar-refractivity contribution in [1.29, 1.82) is 0 Å². The molecule has 0 amide bonds. The normalized spacial score (nSPS) is 10.6. The molecule has 0 unspecified atom stereocenters. The molecule has 0 bridgehead atoms. The summed E-state index contributed by atoms with van der Waals surface area (Å²) in [5.74, 6) is 0. The number of anilines is 2. The Morgan fingerprint density at radius 2 is 1.33 bits per heavy atom. The molecule has 18 heavy (non-hydrogen) atoms. The fraction of sp³-hybridized carbons (Fsp3) is 0.250. The number of nitrogens with two attached hydrogens (primary N) is 2. The van der Waals surface area contributed by atoms with E-state index < -0.39 is 0 Å². The molecule has 2 rings (SSSR count). The van der Waals surface area contributed by atoms with Crippen LogP contribution >= 0.6 is 0 Å². The molecule has 4 N–H and O–H groups in total. The van der Waals surface area contributed by atoms with Gasteiger partial charge in [0, 0.05) is 16.9 Å². The van der Waals surface area contributed by atoms with Crippen molar-refractivity contribution in [2.24, 2.45) is 0 Å². The first-order valence-electron chi connectivity index (χ1n) is 6.42. The Morgan fingerprint density at radius 3 is 1.78 bits per heavy atom. The van der Waals surface area contributed by atoms with E-state index in [1.165, 1.54) is 11.1 Å². The van der Waals surface area contributed by atoms with Gasteiger partial charge < -0.3 is 11.5 Å². The topological polar surface area (TPSA) is 52.0 Å². The summed E-state index contributed by atoms with van der Waals surface area (Å²) in [7, 11) is 0. The van der Waals surface area contributed by atoms with Crippen LogP contribution in [0.3, 0.4) is 0 Å². The van der Waals surface area contributed by atoms with E-state index in [-0.39, 0.29) is 0 Å². The summed E-state index contributed by atoms with van der Waals surface area (Å²) in [4.78, 5) is 0. The Balaban J connectivity index is 2.63. The van der Waals surface area contributed by atoms with Crippen LogP contribution in [0.25, 0.3) is 11.1 Å². The van der Waals surface area contributed by atoms with Gasteiger partial charge in [-0.3, -0.25) is 0 Å². The molecule has 0 saturated heterocycles. The first kappa shape index (κ1) is 12.5. The van der Waals surface area contributed by atoms with Gasteiger partial charge >= 0.3 is 0 Å². The first-order chi connectivity index (χ1) is 8.65. The fourth-order valence-electron chi connectivity index (χ4n) is 2.24. The van der Waals surface area contributed by atoms with E-state index in [1.807, 2.05) is 18.2 Å². The second-order valence-corrected chi connectivity index (χ2v) is 4.56. The van der Waals surface area contributed by atoms with Crippen LogP contribution in [-0.2, 0) is 12.8 Å². The van der Waals surface area contributed by atoms with Gasteiger partial charge in [0.1, 0.15) is 0 Å². The smallest absolute Gasteiger partial charge is 0.0414 e. The third-order valence-corrected chi connectivity index (χ3v) is 3.29. The van der Waals surface area contributed by atoms with Crippen LogP contribution in [0.15, 0.2) is 36.4 Å². The monoisotopic (exact) mass is 240 g/mol. The zero-order chi connectivity index (χ0) is 13.1. The summed E-state index contributed by atoms with van der Waals surface area (Å²) in [6.07, 6.45) is 2.04. The molecule has 0 atom stereocenters. The second kappa shape index (κ2) is 5.13. The molecule has 0 fully saturated rings. The van der Waals surface area contributed by atoms with E-state index in [9.17, 15) is 0 Å². The SMILES string of the molecule is CCc1cc(CC)cc(-c2c(N)cccc2N)c1. The molecule has 2 nitrogen and oxygen atoms in total. The van der Waals surface area contributed by atoms with Crippen molar-refractivity contribution in [1.82, 2.24) is 0 Å². The number of rotatable bonds is 3. The Hall–Kier alpha value is -1.96. The Bertz CT molecular complexity index is 517. The Kier molecular flexibility index (Phi) is 3.56. The van der Waals surface area contributed by atoms with Gasteiger partial charge in [0.2, 0.25) is 0 Å². The molecule has 0 aromatic heterocycles. The minimum absolute atomic E-state index is 0.741. The highest BCUT2D eigenvalue weighted by Gasteiger charge is 2.08. The lowest BCUT2D eigenvalue weighted by atomic mass is 9.95. The Morgan fingerprint density at radius 1 is 0.833 bits per heavy atom. The van der Waals surface area contributed by atoms with Crippen LogP contribution in [0.4, 0.5) is 11.4 Å². The predicted octanol–water partition coefficient (Wildman–Crippen LogP) is 3.64. The van der Waals surface area contributed by atoms with Crippen molar-refractivity contribution in [2.45, 2.75) is 26.7 Å². The van der Waals surface area contributed by atoms with Gasteiger partial charge in [-0.2, -0.15) is 0 Å². The van der Waals surface area contributed by atoms with Crippen molar-refractivity contribution in [3.63, 3.8) is 0 Å². The van der Waals surface area contributed by atoms with E-state index >= 15 is 0 Å². The van der Waals surface area contributed by atoms with Gasteiger partial charge in [-0.25, -0.2) is 0 Å². The van der Waals surface area contributed by atoms with Gasteiger partial charge in [-0.1, -0.05) is 38.1 Å². The number of hydrogen-bond acceptors (Lipinski definition) is 2. The van der Waals surface area contributed by atoms with Crippen molar-refractivity contribution >= 4 is 11.4 Å². The zero-order valence-electron chi connectivity index (χ0n) is 11.0. The maximum Gasteiger partial charge on any atom is 0.0414 e. The van der Waals surface area contributed by atoms with E-state index in [1.54, 1.807) is 0 Å². The van der Waals surface area contributed by atoms with E-state index in [0.717, 1.165) is 35.3 Å². The Labute approximate surface area is 109 Å². The number of hydrogen-bond donors (Lipinski definition) is 2. The molecule has 0 heterocycles. The quantitative estimate of drug-likeness (QED) is 0.805. The summed E-state index contributed by atoms with van der Waals surface area (Å²) < 4.78 is 0. The molecule has 94 valence electrons. The van der Waals surface area contributed by atoms with Crippen LogP contribution in [0, 0.1) is 0 Å². The highest BCUT2D eigenvalue weighted by molar-refractivity contribution is 5.86. The molecule has 0 saturated carbocycles. The van der Waals surface area contributed by atoms with Crippen molar-refractivity contribution < 1.29 is 0 Å². The van der Waals surface area contributed by atoms with Crippen molar-refractivity contribution in [3.8, 4) is 11.1 Å². The van der Waals surface area contributed by atoms with Crippen LogP contribution in [0.1, 0.15) is 25.0 Å². The summed E-state index contributed by atoms with van der Waals surface area (Å²) in [6.45, 7) is 4.33. The van der Waals surface area contributed by atoms with Gasteiger partial charge in [0.15, 0.2) is 0 Å². The number of benzene rings is 2.